The van der Waals surface area contributed by atoms with E-state index < -0.39 is 0 Å². The zero-order chi connectivity index (χ0) is 12.8. The second-order valence-corrected chi connectivity index (χ2v) is 6.39. The van der Waals surface area contributed by atoms with Crippen molar-refractivity contribution in [3.05, 3.63) is 23.0 Å². The minimum absolute atomic E-state index is 0.215. The van der Waals surface area contributed by atoms with Gasteiger partial charge in [0.1, 0.15) is 0 Å². The van der Waals surface area contributed by atoms with E-state index in [1.165, 1.54) is 49.2 Å². The van der Waals surface area contributed by atoms with Crippen molar-refractivity contribution in [1.82, 2.24) is 4.57 Å². The number of hydrogen-bond donors (Lipinski definition) is 1. The Kier molecular flexibility index (Phi) is 3.01. The summed E-state index contributed by atoms with van der Waals surface area (Å²) in [7, 11) is 0. The van der Waals surface area contributed by atoms with Crippen LogP contribution in [0.2, 0.25) is 0 Å². The van der Waals surface area contributed by atoms with Gasteiger partial charge in [0.05, 0.1) is 6.10 Å². The molecule has 1 atom stereocenters. The SMILES string of the molecule is CCC1(Cn2c(C)cc3c2CCCC3O)CCC1. The standard InChI is InChI=1S/C16H25NO/c1-3-16(8-5-9-16)11-17-12(2)10-13-14(17)6-4-7-15(13)18/h10,15,18H,3-9,11H2,1-2H3. The lowest BCUT2D eigenvalue weighted by molar-refractivity contribution is 0.0969. The molecule has 0 aromatic carbocycles. The fourth-order valence-corrected chi connectivity index (χ4v) is 3.80. The van der Waals surface area contributed by atoms with Gasteiger partial charge >= 0.3 is 0 Å². The second kappa shape index (κ2) is 4.41. The first kappa shape index (κ1) is 12.3. The van der Waals surface area contributed by atoms with Crippen LogP contribution in [0.4, 0.5) is 0 Å². The van der Waals surface area contributed by atoms with Crippen molar-refractivity contribution in [3.63, 3.8) is 0 Å². The van der Waals surface area contributed by atoms with E-state index in [1.54, 1.807) is 0 Å². The number of aliphatic hydroxyl groups excluding tert-OH is 1. The lowest BCUT2D eigenvalue weighted by Crippen LogP contribution is -2.34. The maximum Gasteiger partial charge on any atom is 0.0807 e. The topological polar surface area (TPSA) is 25.2 Å². The largest absolute Gasteiger partial charge is 0.388 e. The molecule has 2 nitrogen and oxygen atoms in total. The Morgan fingerprint density at radius 2 is 2.17 bits per heavy atom. The van der Waals surface area contributed by atoms with E-state index in [-0.39, 0.29) is 6.10 Å². The molecule has 3 rings (SSSR count). The van der Waals surface area contributed by atoms with E-state index in [0.717, 1.165) is 19.3 Å². The zero-order valence-electron chi connectivity index (χ0n) is 11.7. The van der Waals surface area contributed by atoms with Crippen molar-refractivity contribution in [2.45, 2.75) is 71.4 Å². The number of fused-ring (bicyclic) bond motifs is 1. The molecule has 1 fully saturated rings. The third-order valence-corrected chi connectivity index (χ3v) is 5.36. The third-order valence-electron chi connectivity index (χ3n) is 5.36. The normalized spacial score (nSPS) is 25.6. The molecule has 0 aliphatic heterocycles. The first-order valence-corrected chi connectivity index (χ1v) is 7.52. The van der Waals surface area contributed by atoms with Gasteiger partial charge in [-0.1, -0.05) is 13.3 Å². The number of nitrogens with zero attached hydrogens (tertiary/aromatic N) is 1. The van der Waals surface area contributed by atoms with Gasteiger partial charge in [-0.2, -0.15) is 0 Å². The lowest BCUT2D eigenvalue weighted by atomic mass is 9.67. The van der Waals surface area contributed by atoms with Gasteiger partial charge in [0.15, 0.2) is 0 Å². The molecule has 0 amide bonds. The van der Waals surface area contributed by atoms with E-state index >= 15 is 0 Å². The first-order chi connectivity index (χ1) is 8.65. The molecule has 2 aliphatic carbocycles. The summed E-state index contributed by atoms with van der Waals surface area (Å²) >= 11 is 0. The third kappa shape index (κ3) is 1.82. The Hall–Kier alpha value is -0.760. The minimum atomic E-state index is -0.215. The minimum Gasteiger partial charge on any atom is -0.388 e. The molecule has 0 saturated heterocycles. The number of rotatable bonds is 3. The van der Waals surface area contributed by atoms with Crippen LogP contribution in [-0.4, -0.2) is 9.67 Å². The van der Waals surface area contributed by atoms with Gasteiger partial charge in [-0.3, -0.25) is 0 Å². The molecule has 0 bridgehead atoms. The second-order valence-electron chi connectivity index (χ2n) is 6.39. The van der Waals surface area contributed by atoms with Gasteiger partial charge in [0.25, 0.3) is 0 Å². The van der Waals surface area contributed by atoms with Crippen molar-refractivity contribution in [2.75, 3.05) is 0 Å². The maximum atomic E-state index is 10.1. The van der Waals surface area contributed by atoms with Gasteiger partial charge in [-0.25, -0.2) is 0 Å². The van der Waals surface area contributed by atoms with Crippen LogP contribution in [0.5, 0.6) is 0 Å². The van der Waals surface area contributed by atoms with Crippen LogP contribution in [0.15, 0.2) is 6.07 Å². The molecule has 100 valence electrons. The van der Waals surface area contributed by atoms with Crippen LogP contribution >= 0.6 is 0 Å². The van der Waals surface area contributed by atoms with E-state index in [2.05, 4.69) is 24.5 Å². The Bertz CT molecular complexity index is 437. The molecule has 1 aromatic rings. The van der Waals surface area contributed by atoms with Crippen LogP contribution in [-0.2, 0) is 13.0 Å². The van der Waals surface area contributed by atoms with Crippen molar-refractivity contribution in [1.29, 1.82) is 0 Å². The van der Waals surface area contributed by atoms with Gasteiger partial charge in [-0.05, 0) is 56.9 Å². The summed E-state index contributed by atoms with van der Waals surface area (Å²) in [5.41, 5.74) is 4.54. The van der Waals surface area contributed by atoms with E-state index in [9.17, 15) is 5.11 Å². The first-order valence-electron chi connectivity index (χ1n) is 7.52. The van der Waals surface area contributed by atoms with Gasteiger partial charge in [-0.15, -0.1) is 0 Å². The summed E-state index contributed by atoms with van der Waals surface area (Å²) in [6.07, 6.45) is 8.48. The molecule has 1 unspecified atom stereocenters. The van der Waals surface area contributed by atoms with Gasteiger partial charge < -0.3 is 9.67 Å². The summed E-state index contributed by atoms with van der Waals surface area (Å²) in [6, 6.07) is 2.22. The van der Waals surface area contributed by atoms with Crippen molar-refractivity contribution >= 4 is 0 Å². The highest BCUT2D eigenvalue weighted by Gasteiger charge is 2.36. The molecule has 2 heteroatoms. The average molecular weight is 247 g/mol. The van der Waals surface area contributed by atoms with Crippen LogP contribution in [0.25, 0.3) is 0 Å². The maximum absolute atomic E-state index is 10.1. The fourth-order valence-electron chi connectivity index (χ4n) is 3.80. The van der Waals surface area contributed by atoms with Crippen molar-refractivity contribution < 1.29 is 5.11 Å². The highest BCUT2D eigenvalue weighted by atomic mass is 16.3. The molecule has 0 radical (unpaired) electrons. The number of aromatic nitrogens is 1. The Morgan fingerprint density at radius 1 is 1.39 bits per heavy atom. The summed E-state index contributed by atoms with van der Waals surface area (Å²) in [4.78, 5) is 0. The molecule has 18 heavy (non-hydrogen) atoms. The number of hydrogen-bond acceptors (Lipinski definition) is 1. The van der Waals surface area contributed by atoms with E-state index in [0.29, 0.717) is 5.41 Å². The molecular formula is C16H25NO. The molecule has 2 aliphatic rings. The van der Waals surface area contributed by atoms with Crippen LogP contribution in [0.1, 0.15) is 68.5 Å². The summed E-state index contributed by atoms with van der Waals surface area (Å²) < 4.78 is 2.51. The average Bonchev–Trinajstić information content (AvgIpc) is 2.62. The predicted octanol–water partition coefficient (Wildman–Crippen LogP) is 3.75. The monoisotopic (exact) mass is 247 g/mol. The predicted molar refractivity (Wildman–Crippen MR) is 73.6 cm³/mol. The molecule has 0 spiro atoms. The summed E-state index contributed by atoms with van der Waals surface area (Å²) in [5, 5.41) is 10.1. The molecule has 1 N–H and O–H groups in total. The van der Waals surface area contributed by atoms with Crippen LogP contribution in [0.3, 0.4) is 0 Å². The van der Waals surface area contributed by atoms with Gasteiger partial charge in [0.2, 0.25) is 0 Å². The highest BCUT2D eigenvalue weighted by molar-refractivity contribution is 5.32. The molecular weight excluding hydrogens is 222 g/mol. The zero-order valence-corrected chi connectivity index (χ0v) is 11.7. The number of aryl methyl sites for hydroxylation is 1. The van der Waals surface area contributed by atoms with Crippen molar-refractivity contribution in [3.8, 4) is 0 Å². The number of aliphatic hydroxyl groups is 1. The molecule has 1 aromatic heterocycles. The smallest absolute Gasteiger partial charge is 0.0807 e. The highest BCUT2D eigenvalue weighted by Crippen LogP contribution is 2.46. The van der Waals surface area contributed by atoms with Crippen LogP contribution < -0.4 is 0 Å². The lowest BCUT2D eigenvalue weighted by Gasteiger charge is -2.42. The molecule has 1 saturated carbocycles. The van der Waals surface area contributed by atoms with E-state index in [1.807, 2.05) is 0 Å². The van der Waals surface area contributed by atoms with Crippen LogP contribution in [0, 0.1) is 12.3 Å². The summed E-state index contributed by atoms with van der Waals surface area (Å²) in [5.74, 6) is 0. The fraction of sp³-hybridized carbons (Fsp3) is 0.750. The van der Waals surface area contributed by atoms with E-state index in [4.69, 9.17) is 0 Å². The molecule has 1 heterocycles. The quantitative estimate of drug-likeness (QED) is 0.864. The Morgan fingerprint density at radius 3 is 2.78 bits per heavy atom. The van der Waals surface area contributed by atoms with Crippen molar-refractivity contribution in [2.24, 2.45) is 5.41 Å². The Balaban J connectivity index is 1.92. The Labute approximate surface area is 110 Å². The summed E-state index contributed by atoms with van der Waals surface area (Å²) in [6.45, 7) is 5.71. The van der Waals surface area contributed by atoms with Gasteiger partial charge in [0, 0.05) is 23.5 Å².